The van der Waals surface area contributed by atoms with E-state index in [1.54, 1.807) is 11.7 Å². The second kappa shape index (κ2) is 6.45. The highest BCUT2D eigenvalue weighted by Gasteiger charge is 2.39. The van der Waals surface area contributed by atoms with Crippen LogP contribution in [0.1, 0.15) is 73.0 Å². The van der Waals surface area contributed by atoms with Crippen LogP contribution in [-0.4, -0.2) is 33.6 Å². The third kappa shape index (κ3) is 2.95. The molecule has 130 valence electrons. The quantitative estimate of drug-likeness (QED) is 0.646. The Morgan fingerprint density at radius 3 is 2.71 bits per heavy atom. The molecule has 5 heteroatoms. The Labute approximate surface area is 143 Å². The van der Waals surface area contributed by atoms with Crippen molar-refractivity contribution >= 4 is 5.91 Å². The Bertz CT molecular complexity index is 615. The first-order chi connectivity index (χ1) is 11.7. The van der Waals surface area contributed by atoms with Crippen LogP contribution in [0.15, 0.2) is 12.3 Å². The molecule has 2 fully saturated rings. The van der Waals surface area contributed by atoms with Crippen molar-refractivity contribution in [3.8, 4) is 0 Å². The van der Waals surface area contributed by atoms with Crippen molar-refractivity contribution in [2.45, 2.75) is 70.4 Å². The highest BCUT2D eigenvalue weighted by molar-refractivity contribution is 5.93. The van der Waals surface area contributed by atoms with Crippen LogP contribution in [0.4, 0.5) is 0 Å². The summed E-state index contributed by atoms with van der Waals surface area (Å²) in [4.78, 5) is 18.6. The molecule has 4 rings (SSSR count). The van der Waals surface area contributed by atoms with Gasteiger partial charge in [0.05, 0.1) is 11.3 Å². The smallest absolute Gasteiger partial charge is 0.276 e. The average Bonchev–Trinajstić information content (AvgIpc) is 3.09. The number of nitrogens with zero attached hydrogens (tertiary/aromatic N) is 2. The highest BCUT2D eigenvalue weighted by Crippen LogP contribution is 2.49. The lowest BCUT2D eigenvalue weighted by Gasteiger charge is -2.43. The fourth-order valence-corrected chi connectivity index (χ4v) is 5.14. The van der Waals surface area contributed by atoms with Crippen molar-refractivity contribution in [2.24, 2.45) is 5.41 Å². The summed E-state index contributed by atoms with van der Waals surface area (Å²) in [5, 5.41) is 8.76. The van der Waals surface area contributed by atoms with Gasteiger partial charge >= 0.3 is 0 Å². The molecule has 3 aliphatic rings. The van der Waals surface area contributed by atoms with E-state index >= 15 is 0 Å². The van der Waals surface area contributed by atoms with Gasteiger partial charge in [-0.3, -0.25) is 19.9 Å². The standard InChI is InChI=1S/C19H27N3O2/c23-18(21-24)15-11-14-5-10-22(13-17(14)20-12-15)16-3-8-19(9-4-16)6-1-2-7-19/h11-12,16,24H,1-10,13H2,(H,21,23). The lowest BCUT2D eigenvalue weighted by molar-refractivity contribution is 0.0704. The number of nitrogens with one attached hydrogen (secondary N) is 1. The summed E-state index contributed by atoms with van der Waals surface area (Å²) in [6.07, 6.45) is 13.8. The zero-order valence-electron chi connectivity index (χ0n) is 14.3. The van der Waals surface area contributed by atoms with Crippen LogP contribution in [0, 0.1) is 5.41 Å². The van der Waals surface area contributed by atoms with E-state index in [1.807, 2.05) is 6.07 Å². The zero-order chi connectivity index (χ0) is 16.6. The molecule has 1 aromatic heterocycles. The number of hydroxylamine groups is 1. The molecular formula is C19H27N3O2. The van der Waals surface area contributed by atoms with E-state index in [-0.39, 0.29) is 0 Å². The number of amides is 1. The van der Waals surface area contributed by atoms with Gasteiger partial charge in [0.1, 0.15) is 0 Å². The molecule has 0 aromatic carbocycles. The molecule has 1 amide bonds. The maximum atomic E-state index is 11.5. The third-order valence-electron chi connectivity index (χ3n) is 6.64. The van der Waals surface area contributed by atoms with E-state index in [9.17, 15) is 4.79 Å². The van der Waals surface area contributed by atoms with Gasteiger partial charge < -0.3 is 0 Å². The average molecular weight is 329 g/mol. The Balaban J connectivity index is 1.41. The van der Waals surface area contributed by atoms with Crippen LogP contribution >= 0.6 is 0 Å². The van der Waals surface area contributed by atoms with E-state index in [0.717, 1.165) is 30.8 Å². The van der Waals surface area contributed by atoms with Crippen molar-refractivity contribution in [3.05, 3.63) is 29.1 Å². The minimum absolute atomic E-state index is 0.436. The summed E-state index contributed by atoms with van der Waals surface area (Å²) in [5.74, 6) is -0.484. The van der Waals surface area contributed by atoms with Gasteiger partial charge in [-0.05, 0) is 62.0 Å². The van der Waals surface area contributed by atoms with Gasteiger partial charge in [0.2, 0.25) is 0 Å². The molecule has 0 atom stereocenters. The van der Waals surface area contributed by atoms with Crippen LogP contribution in [0.3, 0.4) is 0 Å². The number of hydrogen-bond acceptors (Lipinski definition) is 4. The maximum Gasteiger partial charge on any atom is 0.276 e. The third-order valence-corrected chi connectivity index (χ3v) is 6.64. The molecule has 24 heavy (non-hydrogen) atoms. The predicted molar refractivity (Wildman–Crippen MR) is 90.8 cm³/mol. The first-order valence-electron chi connectivity index (χ1n) is 9.35. The topological polar surface area (TPSA) is 65.5 Å². The molecule has 2 saturated carbocycles. The van der Waals surface area contributed by atoms with Gasteiger partial charge in [-0.1, -0.05) is 12.8 Å². The second-order valence-corrected chi connectivity index (χ2v) is 7.93. The first-order valence-corrected chi connectivity index (χ1v) is 9.35. The molecule has 1 aliphatic heterocycles. The van der Waals surface area contributed by atoms with Gasteiger partial charge in [0.15, 0.2) is 0 Å². The van der Waals surface area contributed by atoms with Crippen molar-refractivity contribution in [1.82, 2.24) is 15.4 Å². The number of aromatic nitrogens is 1. The van der Waals surface area contributed by atoms with Gasteiger partial charge in [0.25, 0.3) is 5.91 Å². The van der Waals surface area contributed by atoms with Crippen molar-refractivity contribution in [3.63, 3.8) is 0 Å². The fourth-order valence-electron chi connectivity index (χ4n) is 5.14. The van der Waals surface area contributed by atoms with Crippen LogP contribution in [0.25, 0.3) is 0 Å². The number of carbonyl (C=O) groups excluding carboxylic acids is 1. The zero-order valence-corrected chi connectivity index (χ0v) is 14.3. The van der Waals surface area contributed by atoms with Crippen LogP contribution in [-0.2, 0) is 13.0 Å². The molecule has 2 N–H and O–H groups in total. The fraction of sp³-hybridized carbons (Fsp3) is 0.684. The van der Waals surface area contributed by atoms with Crippen molar-refractivity contribution < 1.29 is 10.0 Å². The number of hydrogen-bond donors (Lipinski definition) is 2. The van der Waals surface area contributed by atoms with Crippen molar-refractivity contribution in [1.29, 1.82) is 0 Å². The lowest BCUT2D eigenvalue weighted by atomic mass is 9.71. The van der Waals surface area contributed by atoms with E-state index in [2.05, 4.69) is 9.88 Å². The first kappa shape index (κ1) is 16.0. The highest BCUT2D eigenvalue weighted by atomic mass is 16.5. The lowest BCUT2D eigenvalue weighted by Crippen LogP contribution is -2.43. The van der Waals surface area contributed by atoms with Crippen LogP contribution in [0.5, 0.6) is 0 Å². The Kier molecular flexibility index (Phi) is 4.31. The molecule has 1 aromatic rings. The van der Waals surface area contributed by atoms with Gasteiger partial charge in [0, 0.05) is 25.3 Å². The van der Waals surface area contributed by atoms with E-state index in [1.165, 1.54) is 51.4 Å². The van der Waals surface area contributed by atoms with E-state index < -0.39 is 5.91 Å². The summed E-state index contributed by atoms with van der Waals surface area (Å²) >= 11 is 0. The Morgan fingerprint density at radius 2 is 2.00 bits per heavy atom. The van der Waals surface area contributed by atoms with Crippen molar-refractivity contribution in [2.75, 3.05) is 6.54 Å². The molecule has 2 aliphatic carbocycles. The SMILES string of the molecule is O=C(NO)c1cnc2c(c1)CCN(C1CCC3(CCCC3)CC1)C2. The minimum Gasteiger partial charge on any atom is -0.294 e. The van der Waals surface area contributed by atoms with E-state index in [4.69, 9.17) is 5.21 Å². The largest absolute Gasteiger partial charge is 0.294 e. The number of carbonyl (C=O) groups is 1. The summed E-state index contributed by atoms with van der Waals surface area (Å²) in [7, 11) is 0. The predicted octanol–water partition coefficient (Wildman–Crippen LogP) is 3.06. The molecule has 0 bridgehead atoms. The molecule has 0 radical (unpaired) electrons. The Hall–Kier alpha value is -1.46. The summed E-state index contributed by atoms with van der Waals surface area (Å²) in [6, 6.07) is 2.58. The van der Waals surface area contributed by atoms with E-state index in [0.29, 0.717) is 17.0 Å². The Morgan fingerprint density at radius 1 is 1.25 bits per heavy atom. The van der Waals surface area contributed by atoms with Crippen LogP contribution in [0.2, 0.25) is 0 Å². The molecule has 1 spiro atoms. The minimum atomic E-state index is -0.484. The normalized spacial score (nSPS) is 24.0. The number of fused-ring (bicyclic) bond motifs is 1. The second-order valence-electron chi connectivity index (χ2n) is 7.93. The number of pyridine rings is 1. The van der Waals surface area contributed by atoms with Crippen LogP contribution < -0.4 is 5.48 Å². The molecule has 0 unspecified atom stereocenters. The van der Waals surface area contributed by atoms with Gasteiger partial charge in [-0.15, -0.1) is 0 Å². The maximum absolute atomic E-state index is 11.5. The molecule has 2 heterocycles. The molecule has 5 nitrogen and oxygen atoms in total. The number of rotatable bonds is 2. The van der Waals surface area contributed by atoms with Gasteiger partial charge in [-0.25, -0.2) is 5.48 Å². The summed E-state index contributed by atoms with van der Waals surface area (Å²) < 4.78 is 0. The summed E-state index contributed by atoms with van der Waals surface area (Å²) in [5.41, 5.74) is 5.05. The summed E-state index contributed by atoms with van der Waals surface area (Å²) in [6.45, 7) is 1.95. The van der Waals surface area contributed by atoms with Gasteiger partial charge in [-0.2, -0.15) is 0 Å². The molecule has 0 saturated heterocycles. The molecular weight excluding hydrogens is 302 g/mol. The monoisotopic (exact) mass is 329 g/mol.